The topological polar surface area (TPSA) is 136 Å². The van der Waals surface area contributed by atoms with Crippen LogP contribution in [0.3, 0.4) is 0 Å². The minimum Gasteiger partial charge on any atom is -0.355 e. The molecule has 162 valence electrons. The Balaban J connectivity index is 1.84. The molecule has 0 bridgehead atoms. The van der Waals surface area contributed by atoms with Gasteiger partial charge in [-0.2, -0.15) is 9.78 Å². The van der Waals surface area contributed by atoms with Crippen LogP contribution < -0.4 is 10.6 Å². The molecule has 0 saturated heterocycles. The summed E-state index contributed by atoms with van der Waals surface area (Å²) >= 11 is 10.3. The van der Waals surface area contributed by atoms with E-state index >= 15 is 0 Å². The number of pyridine rings is 1. The van der Waals surface area contributed by atoms with E-state index in [1.165, 1.54) is 42.5 Å². The monoisotopic (exact) mass is 480 g/mol. The first kappa shape index (κ1) is 22.7. The molecule has 3 aromatic rings. The largest absolute Gasteiger partial charge is 0.355 e. The average molecular weight is 481 g/mol. The second-order valence-electron chi connectivity index (χ2n) is 6.34. The number of thiol groups is 1. The number of hydrogen-bond acceptors (Lipinski definition) is 8. The van der Waals surface area contributed by atoms with E-state index in [2.05, 4.69) is 38.3 Å². The van der Waals surface area contributed by atoms with E-state index in [1.807, 2.05) is 0 Å². The van der Waals surface area contributed by atoms with Gasteiger partial charge in [0.1, 0.15) is 11.7 Å². The Kier molecular flexibility index (Phi) is 6.62. The van der Waals surface area contributed by atoms with E-state index in [4.69, 9.17) is 11.6 Å². The summed E-state index contributed by atoms with van der Waals surface area (Å²) in [6.45, 7) is 0. The molecule has 31 heavy (non-hydrogen) atoms. The zero-order chi connectivity index (χ0) is 22.8. The zero-order valence-electron chi connectivity index (χ0n) is 16.3. The second-order valence-corrected chi connectivity index (χ2v) is 9.31. The first-order chi connectivity index (χ1) is 14.6. The third-order valence-electron chi connectivity index (χ3n) is 4.10. The molecule has 13 heteroatoms. The van der Waals surface area contributed by atoms with Crippen molar-refractivity contribution in [3.63, 3.8) is 0 Å². The van der Waals surface area contributed by atoms with Crippen LogP contribution in [-0.2, 0) is 9.84 Å². The Hall–Kier alpha value is -2.96. The molecule has 1 aromatic carbocycles. The number of hydrogen-bond donors (Lipinski definition) is 3. The smallest absolute Gasteiger partial charge is 0.252 e. The molecular formula is C18H17ClN6O4S2. The SMILES string of the molecule is CNC(=O)c1ccc(-n2ncnc2C(S)NC(=O)c2cc(Cl)cc(S(C)(=O)=O)c2)nc1. The van der Waals surface area contributed by atoms with Crippen LogP contribution in [0.5, 0.6) is 0 Å². The molecule has 0 radical (unpaired) electrons. The molecule has 2 aromatic heterocycles. The Morgan fingerprint density at radius 2 is 1.87 bits per heavy atom. The molecule has 0 aliphatic heterocycles. The highest BCUT2D eigenvalue weighted by atomic mass is 35.5. The summed E-state index contributed by atoms with van der Waals surface area (Å²) in [4.78, 5) is 32.5. The quantitative estimate of drug-likeness (QED) is 0.358. The number of benzene rings is 1. The second kappa shape index (κ2) is 9.04. The van der Waals surface area contributed by atoms with Gasteiger partial charge in [0.15, 0.2) is 21.5 Å². The van der Waals surface area contributed by atoms with Crippen molar-refractivity contribution in [2.75, 3.05) is 13.3 Å². The maximum absolute atomic E-state index is 12.7. The molecule has 1 atom stereocenters. The lowest BCUT2D eigenvalue weighted by Gasteiger charge is -2.14. The van der Waals surface area contributed by atoms with E-state index in [9.17, 15) is 18.0 Å². The van der Waals surface area contributed by atoms with Crippen molar-refractivity contribution in [2.24, 2.45) is 0 Å². The molecular weight excluding hydrogens is 464 g/mol. The molecule has 2 heterocycles. The van der Waals surface area contributed by atoms with Crippen molar-refractivity contribution in [2.45, 2.75) is 10.3 Å². The number of halogens is 1. The molecule has 0 aliphatic rings. The molecule has 0 saturated carbocycles. The first-order valence-corrected chi connectivity index (χ1v) is 11.5. The van der Waals surface area contributed by atoms with Gasteiger partial charge in [-0.15, -0.1) is 12.6 Å². The van der Waals surface area contributed by atoms with Crippen LogP contribution in [0.1, 0.15) is 31.9 Å². The highest BCUT2D eigenvalue weighted by Crippen LogP contribution is 2.22. The third-order valence-corrected chi connectivity index (χ3v) is 5.77. The van der Waals surface area contributed by atoms with Gasteiger partial charge >= 0.3 is 0 Å². The summed E-state index contributed by atoms with van der Waals surface area (Å²) in [6.07, 6.45) is 3.66. The van der Waals surface area contributed by atoms with Crippen molar-refractivity contribution in [3.8, 4) is 5.82 Å². The third kappa shape index (κ3) is 5.21. The lowest BCUT2D eigenvalue weighted by molar-refractivity contribution is 0.0944. The minimum atomic E-state index is -3.55. The van der Waals surface area contributed by atoms with Crippen molar-refractivity contribution >= 4 is 45.9 Å². The number of aromatic nitrogens is 4. The van der Waals surface area contributed by atoms with Crippen LogP contribution in [0.15, 0.2) is 47.8 Å². The average Bonchev–Trinajstić information content (AvgIpc) is 3.22. The molecule has 10 nitrogen and oxygen atoms in total. The lowest BCUT2D eigenvalue weighted by Crippen LogP contribution is -2.28. The van der Waals surface area contributed by atoms with Crippen molar-refractivity contribution in [1.29, 1.82) is 0 Å². The van der Waals surface area contributed by atoms with E-state index < -0.39 is 21.1 Å². The summed E-state index contributed by atoms with van der Waals surface area (Å²) in [5.74, 6) is -0.283. The minimum absolute atomic E-state index is 0.0473. The van der Waals surface area contributed by atoms with Crippen LogP contribution in [0.2, 0.25) is 5.02 Å². The van der Waals surface area contributed by atoms with E-state index in [0.717, 1.165) is 6.26 Å². The van der Waals surface area contributed by atoms with E-state index in [0.29, 0.717) is 11.4 Å². The van der Waals surface area contributed by atoms with E-state index in [1.54, 1.807) is 12.1 Å². The number of carbonyl (C=O) groups excluding carboxylic acids is 2. The summed E-state index contributed by atoms with van der Waals surface area (Å²) < 4.78 is 24.9. The van der Waals surface area contributed by atoms with Gasteiger partial charge in [-0.3, -0.25) is 9.59 Å². The fourth-order valence-electron chi connectivity index (χ4n) is 2.58. The van der Waals surface area contributed by atoms with Crippen molar-refractivity contribution in [1.82, 2.24) is 30.4 Å². The number of amides is 2. The Labute approximate surface area is 188 Å². The molecule has 3 rings (SSSR count). The lowest BCUT2D eigenvalue weighted by atomic mass is 10.2. The standard InChI is InChI=1S/C18H17ClN6O4S2/c1-20-16(26)10-3-4-14(21-8-10)25-15(22-9-23-25)18(30)24-17(27)11-5-12(19)7-13(6-11)31(2,28)29/h3-9,18,30H,1-2H3,(H,20,26)(H,24,27). The van der Waals surface area contributed by atoms with Gasteiger partial charge in [-0.1, -0.05) is 11.6 Å². The van der Waals surface area contributed by atoms with Crippen molar-refractivity contribution in [3.05, 3.63) is 64.8 Å². The summed E-state index contributed by atoms with van der Waals surface area (Å²) in [7, 11) is -2.04. The summed E-state index contributed by atoms with van der Waals surface area (Å²) in [6, 6.07) is 6.96. The molecule has 2 N–H and O–H groups in total. The normalized spacial score (nSPS) is 12.3. The van der Waals surface area contributed by atoms with Crippen LogP contribution in [0, 0.1) is 0 Å². The maximum atomic E-state index is 12.7. The number of nitrogens with one attached hydrogen (secondary N) is 2. The van der Waals surface area contributed by atoms with Gasteiger partial charge < -0.3 is 10.6 Å². The Bertz CT molecular complexity index is 1240. The van der Waals surface area contributed by atoms with Crippen LogP contribution >= 0.6 is 24.2 Å². The number of carbonyl (C=O) groups is 2. The van der Waals surface area contributed by atoms with Crippen LogP contribution in [0.4, 0.5) is 0 Å². The summed E-state index contributed by atoms with van der Waals surface area (Å²) in [5.41, 5.74) is 0.414. The molecule has 1 unspecified atom stereocenters. The van der Waals surface area contributed by atoms with Gasteiger partial charge in [0.2, 0.25) is 0 Å². The van der Waals surface area contributed by atoms with Crippen molar-refractivity contribution < 1.29 is 18.0 Å². The zero-order valence-corrected chi connectivity index (χ0v) is 18.7. The summed E-state index contributed by atoms with van der Waals surface area (Å²) in [5, 5.41) is 8.39. The number of sulfone groups is 1. The predicted molar refractivity (Wildman–Crippen MR) is 116 cm³/mol. The Morgan fingerprint density at radius 1 is 1.13 bits per heavy atom. The first-order valence-electron chi connectivity index (χ1n) is 8.68. The highest BCUT2D eigenvalue weighted by molar-refractivity contribution is 7.90. The van der Waals surface area contributed by atoms with Gasteiger partial charge in [0.05, 0.1) is 10.5 Å². The molecule has 2 amide bonds. The Morgan fingerprint density at radius 3 is 2.48 bits per heavy atom. The fraction of sp³-hybridized carbons (Fsp3) is 0.167. The molecule has 0 fully saturated rings. The molecule has 0 spiro atoms. The maximum Gasteiger partial charge on any atom is 0.252 e. The van der Waals surface area contributed by atoms with Crippen LogP contribution in [-0.4, -0.2) is 53.3 Å². The van der Waals surface area contributed by atoms with Gasteiger partial charge in [0, 0.05) is 30.1 Å². The predicted octanol–water partition coefficient (Wildman–Crippen LogP) is 1.44. The number of nitrogens with zero attached hydrogens (tertiary/aromatic N) is 4. The molecule has 0 aliphatic carbocycles. The van der Waals surface area contributed by atoms with Crippen LogP contribution in [0.25, 0.3) is 5.82 Å². The fourth-order valence-corrected chi connectivity index (χ4v) is 3.86. The number of rotatable bonds is 6. The van der Waals surface area contributed by atoms with E-state index in [-0.39, 0.29) is 27.2 Å². The van der Waals surface area contributed by atoms with Gasteiger partial charge in [-0.05, 0) is 30.3 Å². The van der Waals surface area contributed by atoms with Gasteiger partial charge in [-0.25, -0.2) is 18.4 Å². The highest BCUT2D eigenvalue weighted by Gasteiger charge is 2.21. The van der Waals surface area contributed by atoms with Gasteiger partial charge in [0.25, 0.3) is 11.8 Å².